The number of thiazole rings is 1. The Bertz CT molecular complexity index is 1200. The van der Waals surface area contributed by atoms with Gasteiger partial charge in [0.25, 0.3) is 11.8 Å². The van der Waals surface area contributed by atoms with E-state index in [1.54, 1.807) is 26.2 Å². The van der Waals surface area contributed by atoms with Crippen LogP contribution in [0.15, 0.2) is 18.3 Å². The molecule has 204 valence electrons. The second kappa shape index (κ2) is 12.2. The molecule has 1 fully saturated rings. The third-order valence-corrected chi connectivity index (χ3v) is 8.11. The van der Waals surface area contributed by atoms with Crippen molar-refractivity contribution in [2.45, 2.75) is 44.3 Å². The van der Waals surface area contributed by atoms with Crippen LogP contribution in [-0.2, 0) is 27.3 Å². The summed E-state index contributed by atoms with van der Waals surface area (Å²) in [5, 5.41) is 9.41. The van der Waals surface area contributed by atoms with Crippen LogP contribution in [0.2, 0.25) is 5.02 Å². The van der Waals surface area contributed by atoms with Gasteiger partial charge in [-0.15, -0.1) is 11.3 Å². The Kier molecular flexibility index (Phi) is 8.95. The van der Waals surface area contributed by atoms with E-state index in [0.29, 0.717) is 35.1 Å². The van der Waals surface area contributed by atoms with Crippen molar-refractivity contribution in [1.82, 2.24) is 30.4 Å². The van der Waals surface area contributed by atoms with Gasteiger partial charge in [-0.05, 0) is 38.4 Å². The van der Waals surface area contributed by atoms with Gasteiger partial charge >= 0.3 is 0 Å². The number of ketones is 1. The molecular weight excluding hydrogens is 530 g/mol. The Balaban J connectivity index is 1.42. The van der Waals surface area contributed by atoms with Gasteiger partial charge in [-0.1, -0.05) is 11.6 Å². The first-order chi connectivity index (χ1) is 18.1. The molecule has 1 aliphatic carbocycles. The number of carbonyl (C=O) groups excluding carboxylic acids is 4. The molecule has 0 saturated heterocycles. The Labute approximate surface area is 230 Å². The number of amides is 3. The topological polar surface area (TPSA) is 137 Å². The molecule has 1 unspecified atom stereocenters. The summed E-state index contributed by atoms with van der Waals surface area (Å²) in [6, 6.07) is 2.20. The molecule has 0 bridgehead atoms. The Morgan fingerprint density at radius 1 is 1.16 bits per heavy atom. The van der Waals surface area contributed by atoms with Crippen molar-refractivity contribution in [2.24, 2.45) is 5.92 Å². The van der Waals surface area contributed by atoms with E-state index in [4.69, 9.17) is 11.6 Å². The number of halogens is 1. The SMILES string of the molecule is CN1CCc2nc(C(=O)N[C@@H]3CC(C(=O)N(C)C)CC[C@@H]3NC(=O)C(=O)CNc3ccc(Cl)cn3)sc2C1. The van der Waals surface area contributed by atoms with Crippen molar-refractivity contribution in [3.05, 3.63) is 38.9 Å². The zero-order chi connectivity index (χ0) is 27.4. The lowest BCUT2D eigenvalue weighted by Crippen LogP contribution is -2.57. The number of rotatable bonds is 8. The van der Waals surface area contributed by atoms with Crippen molar-refractivity contribution < 1.29 is 19.2 Å². The predicted molar refractivity (Wildman–Crippen MR) is 144 cm³/mol. The number of fused-ring (bicyclic) bond motifs is 1. The van der Waals surface area contributed by atoms with Gasteiger partial charge in [0.1, 0.15) is 5.82 Å². The van der Waals surface area contributed by atoms with Crippen molar-refractivity contribution in [3.63, 3.8) is 0 Å². The van der Waals surface area contributed by atoms with Crippen LogP contribution in [0.3, 0.4) is 0 Å². The van der Waals surface area contributed by atoms with E-state index in [1.807, 2.05) is 7.05 Å². The smallest absolute Gasteiger partial charge is 0.289 e. The number of Topliss-reactive ketones (excluding diaryl/α,β-unsaturated/α-hetero) is 1. The van der Waals surface area contributed by atoms with Crippen molar-refractivity contribution >= 4 is 52.3 Å². The lowest BCUT2D eigenvalue weighted by molar-refractivity contribution is -0.138. The number of hydrogen-bond donors (Lipinski definition) is 3. The largest absolute Gasteiger partial charge is 0.362 e. The van der Waals surface area contributed by atoms with Gasteiger partial charge in [0.15, 0.2) is 5.01 Å². The summed E-state index contributed by atoms with van der Waals surface area (Å²) in [6.45, 7) is 1.40. The Hall–Kier alpha value is -3.09. The Morgan fingerprint density at radius 3 is 2.66 bits per heavy atom. The fourth-order valence-electron chi connectivity index (χ4n) is 4.72. The number of pyridine rings is 1. The Morgan fingerprint density at radius 2 is 1.95 bits per heavy atom. The molecule has 11 nitrogen and oxygen atoms in total. The maximum absolute atomic E-state index is 13.2. The van der Waals surface area contributed by atoms with Gasteiger partial charge in [0.05, 0.1) is 23.3 Å². The van der Waals surface area contributed by atoms with Gasteiger partial charge in [-0.3, -0.25) is 19.2 Å². The fourth-order valence-corrected chi connectivity index (χ4v) is 5.93. The molecule has 3 atom stereocenters. The van der Waals surface area contributed by atoms with Crippen LogP contribution in [0.4, 0.5) is 5.82 Å². The van der Waals surface area contributed by atoms with Crippen LogP contribution in [-0.4, -0.2) is 89.6 Å². The van der Waals surface area contributed by atoms with Gasteiger partial charge < -0.3 is 25.8 Å². The quantitative estimate of drug-likeness (QED) is 0.411. The average molecular weight is 562 g/mol. The average Bonchev–Trinajstić information content (AvgIpc) is 3.32. The number of nitrogens with one attached hydrogen (secondary N) is 3. The lowest BCUT2D eigenvalue weighted by Gasteiger charge is -2.37. The number of nitrogens with zero attached hydrogens (tertiary/aromatic N) is 4. The normalized spacial score (nSPS) is 21.2. The fraction of sp³-hybridized carbons (Fsp3) is 0.520. The second-order valence-electron chi connectivity index (χ2n) is 9.92. The zero-order valence-electron chi connectivity index (χ0n) is 21.6. The van der Waals surface area contributed by atoms with E-state index in [2.05, 4.69) is 30.8 Å². The third-order valence-electron chi connectivity index (χ3n) is 6.80. The van der Waals surface area contributed by atoms with Gasteiger partial charge in [-0.25, -0.2) is 9.97 Å². The van der Waals surface area contributed by atoms with Crippen LogP contribution in [0.25, 0.3) is 0 Å². The third kappa shape index (κ3) is 6.86. The molecule has 2 aliphatic rings. The monoisotopic (exact) mass is 561 g/mol. The molecule has 13 heteroatoms. The van der Waals surface area contributed by atoms with Gasteiger partial charge in [0, 0.05) is 56.6 Å². The van der Waals surface area contributed by atoms with E-state index >= 15 is 0 Å². The molecule has 4 rings (SSSR count). The highest BCUT2D eigenvalue weighted by Gasteiger charge is 2.37. The number of aromatic nitrogens is 2. The first-order valence-electron chi connectivity index (χ1n) is 12.5. The molecule has 3 N–H and O–H groups in total. The van der Waals surface area contributed by atoms with Crippen molar-refractivity contribution in [3.8, 4) is 0 Å². The van der Waals surface area contributed by atoms with Crippen LogP contribution in [0.1, 0.15) is 39.6 Å². The van der Waals surface area contributed by atoms with E-state index in [0.717, 1.165) is 30.1 Å². The highest BCUT2D eigenvalue weighted by atomic mass is 35.5. The number of likely N-dealkylation sites (N-methyl/N-ethyl adjacent to an activating group) is 1. The van der Waals surface area contributed by atoms with Crippen LogP contribution in [0, 0.1) is 5.92 Å². The molecule has 2 aromatic rings. The molecule has 0 radical (unpaired) electrons. The molecule has 3 heterocycles. The summed E-state index contributed by atoms with van der Waals surface area (Å²) in [5.74, 6) is -1.68. The van der Waals surface area contributed by atoms with Crippen LogP contribution >= 0.6 is 22.9 Å². The standard InChI is InChI=1S/C25H32ClN7O4S/c1-32(2)25(37)14-4-6-16(29-22(35)19(34)12-28-21-7-5-15(26)11-27-21)18(10-14)30-23(36)24-31-17-8-9-33(3)13-20(17)38-24/h5,7,11,14,16,18H,4,6,8-10,12-13H2,1-3H3,(H,27,28)(H,29,35)(H,30,36)/t14?,16-,18+/m0/s1. The minimum atomic E-state index is -0.763. The van der Waals surface area contributed by atoms with Crippen molar-refractivity contribution in [2.75, 3.05) is 39.5 Å². The molecule has 2 aromatic heterocycles. The molecular formula is C25H32ClN7O4S. The minimum Gasteiger partial charge on any atom is -0.362 e. The molecule has 1 aliphatic heterocycles. The number of hydrogen-bond acceptors (Lipinski definition) is 9. The van der Waals surface area contributed by atoms with Crippen LogP contribution < -0.4 is 16.0 Å². The van der Waals surface area contributed by atoms with Gasteiger partial charge in [-0.2, -0.15) is 0 Å². The molecule has 0 spiro atoms. The lowest BCUT2D eigenvalue weighted by atomic mass is 9.81. The van der Waals surface area contributed by atoms with E-state index in [9.17, 15) is 19.2 Å². The highest BCUT2D eigenvalue weighted by Crippen LogP contribution is 2.28. The maximum atomic E-state index is 13.2. The minimum absolute atomic E-state index is 0.0301. The summed E-state index contributed by atoms with van der Waals surface area (Å²) in [4.78, 5) is 64.5. The molecule has 0 aromatic carbocycles. The summed E-state index contributed by atoms with van der Waals surface area (Å²) in [5.41, 5.74) is 0.945. The van der Waals surface area contributed by atoms with Crippen molar-refractivity contribution in [1.29, 1.82) is 0 Å². The van der Waals surface area contributed by atoms with E-state index in [-0.39, 0.29) is 24.3 Å². The molecule has 38 heavy (non-hydrogen) atoms. The maximum Gasteiger partial charge on any atom is 0.289 e. The van der Waals surface area contributed by atoms with E-state index < -0.39 is 23.8 Å². The highest BCUT2D eigenvalue weighted by molar-refractivity contribution is 7.13. The summed E-state index contributed by atoms with van der Waals surface area (Å²) >= 11 is 7.19. The van der Waals surface area contributed by atoms with E-state index in [1.165, 1.54) is 22.4 Å². The molecule has 3 amide bonds. The first-order valence-corrected chi connectivity index (χ1v) is 13.7. The first kappa shape index (κ1) is 27.9. The van der Waals surface area contributed by atoms with Crippen LogP contribution in [0.5, 0.6) is 0 Å². The summed E-state index contributed by atoms with van der Waals surface area (Å²) in [6.07, 6.45) is 3.56. The number of carbonyl (C=O) groups is 4. The number of anilines is 1. The molecule has 1 saturated carbocycles. The summed E-state index contributed by atoms with van der Waals surface area (Å²) < 4.78 is 0. The zero-order valence-corrected chi connectivity index (χ0v) is 23.2. The second-order valence-corrected chi connectivity index (χ2v) is 11.4. The summed E-state index contributed by atoms with van der Waals surface area (Å²) in [7, 11) is 5.42. The predicted octanol–water partition coefficient (Wildman–Crippen LogP) is 1.33. The van der Waals surface area contributed by atoms with Gasteiger partial charge in [0.2, 0.25) is 11.7 Å².